The topological polar surface area (TPSA) is 175 Å². The Kier molecular flexibility index (Phi) is 10.5. The van der Waals surface area contributed by atoms with E-state index in [9.17, 15) is 24.0 Å². The van der Waals surface area contributed by atoms with E-state index in [0.29, 0.717) is 39.5 Å². The quantitative estimate of drug-likeness (QED) is 0.227. The van der Waals surface area contributed by atoms with Crippen LogP contribution in [0.15, 0.2) is 40.9 Å². The summed E-state index contributed by atoms with van der Waals surface area (Å²) in [7, 11) is 0. The molecule has 17 heteroatoms. The summed E-state index contributed by atoms with van der Waals surface area (Å²) in [6, 6.07) is 9.86. The van der Waals surface area contributed by atoms with Crippen LogP contribution in [0.4, 0.5) is 17.4 Å². The van der Waals surface area contributed by atoms with Crippen molar-refractivity contribution in [3.8, 4) is 5.75 Å². The Bertz CT molecular complexity index is 2210. The van der Waals surface area contributed by atoms with Crippen molar-refractivity contribution in [3.05, 3.63) is 69.8 Å². The molecule has 1 aliphatic carbocycles. The highest BCUT2D eigenvalue weighted by Gasteiger charge is 2.48. The molecule has 5 fully saturated rings. The van der Waals surface area contributed by atoms with Crippen LogP contribution in [-0.4, -0.2) is 113 Å². The van der Waals surface area contributed by atoms with E-state index in [1.165, 1.54) is 0 Å². The lowest BCUT2D eigenvalue weighted by molar-refractivity contribution is -0.136. The zero-order valence-electron chi connectivity index (χ0n) is 32.7. The van der Waals surface area contributed by atoms with Crippen molar-refractivity contribution in [2.24, 2.45) is 11.3 Å². The second kappa shape index (κ2) is 15.9. The number of likely N-dealkylation sites (tertiary alicyclic amines) is 1. The first-order chi connectivity index (χ1) is 28.5. The number of benzene rings is 2. The Hall–Kier alpha value is -5.53. The summed E-state index contributed by atoms with van der Waals surface area (Å²) in [6.07, 6.45) is 7.52. The molecular weight excluding hydrogens is 778 g/mol. The highest BCUT2D eigenvalue weighted by atomic mass is 35.5. The molecule has 1 saturated carbocycles. The number of aromatic nitrogens is 2. The van der Waals surface area contributed by atoms with Gasteiger partial charge in [-0.15, -0.1) is 0 Å². The van der Waals surface area contributed by atoms with Gasteiger partial charge in [-0.1, -0.05) is 17.7 Å². The molecule has 2 N–H and O–H groups in total. The monoisotopic (exact) mass is 823 g/mol. The largest absolute Gasteiger partial charge is 0.490 e. The summed E-state index contributed by atoms with van der Waals surface area (Å²) in [6.45, 7) is 13.6. The van der Waals surface area contributed by atoms with Crippen LogP contribution in [0.5, 0.6) is 5.75 Å². The molecule has 1 atom stereocenters. The first-order valence-electron chi connectivity index (χ1n) is 20.6. The number of hydrogen-bond acceptors (Lipinski definition) is 12. The van der Waals surface area contributed by atoms with Crippen LogP contribution in [0.25, 0.3) is 4.85 Å². The zero-order valence-corrected chi connectivity index (χ0v) is 33.4. The van der Waals surface area contributed by atoms with Gasteiger partial charge < -0.3 is 29.3 Å². The third-order valence-electron chi connectivity index (χ3n) is 13.1. The van der Waals surface area contributed by atoms with Gasteiger partial charge in [-0.25, -0.2) is 4.85 Å². The first kappa shape index (κ1) is 39.0. The number of rotatable bonds is 9. The van der Waals surface area contributed by atoms with Crippen LogP contribution in [-0.2, 0) is 9.59 Å². The second-order valence-corrected chi connectivity index (χ2v) is 17.4. The molecular formula is C42H46ClN9O7. The van der Waals surface area contributed by atoms with Crippen molar-refractivity contribution in [1.29, 1.82) is 0 Å². The molecule has 0 radical (unpaired) electrons. The van der Waals surface area contributed by atoms with Crippen molar-refractivity contribution in [1.82, 2.24) is 30.6 Å². The number of anilines is 2. The lowest BCUT2D eigenvalue weighted by Gasteiger charge is -2.55. The number of halogens is 1. The maximum absolute atomic E-state index is 13.3. The third kappa shape index (κ3) is 7.85. The Morgan fingerprint density at radius 3 is 2.39 bits per heavy atom. The summed E-state index contributed by atoms with van der Waals surface area (Å²) in [5, 5.41) is 9.68. The molecule has 1 aromatic heterocycles. The van der Waals surface area contributed by atoms with E-state index in [0.717, 1.165) is 108 Å². The van der Waals surface area contributed by atoms with Gasteiger partial charge >= 0.3 is 6.01 Å². The van der Waals surface area contributed by atoms with Gasteiger partial charge in [-0.05, 0) is 112 Å². The minimum absolute atomic E-state index is 0.00706. The SMILES string of the molecule is [C-]#[N+]c1ccc(OC2CCC(NC(=O)c3noc(N4CCC(CN5CCC6(CC5)CN(c5ccc7c(c5)C(=O)N(C5CCC(=O)NC5=O)C7=O)C6)CC4)n3)CC2)cc1Cl. The minimum Gasteiger partial charge on any atom is -0.490 e. The molecule has 2 aromatic carbocycles. The number of carbonyl (C=O) groups is 5. The molecule has 59 heavy (non-hydrogen) atoms. The number of fused-ring (bicyclic) bond motifs is 1. The Morgan fingerprint density at radius 2 is 1.68 bits per heavy atom. The summed E-state index contributed by atoms with van der Waals surface area (Å²) in [4.78, 5) is 79.3. The summed E-state index contributed by atoms with van der Waals surface area (Å²) >= 11 is 6.16. The van der Waals surface area contributed by atoms with Crippen LogP contribution in [0.2, 0.25) is 5.02 Å². The Morgan fingerprint density at radius 1 is 0.932 bits per heavy atom. The van der Waals surface area contributed by atoms with Gasteiger partial charge in [0.2, 0.25) is 17.5 Å². The highest BCUT2D eigenvalue weighted by Crippen LogP contribution is 2.44. The Balaban J connectivity index is 0.687. The van der Waals surface area contributed by atoms with Gasteiger partial charge in [0.25, 0.3) is 23.5 Å². The van der Waals surface area contributed by atoms with E-state index in [1.54, 1.807) is 30.3 Å². The number of piperidine rings is 3. The predicted octanol–water partition coefficient (Wildman–Crippen LogP) is 4.61. The van der Waals surface area contributed by atoms with Crippen molar-refractivity contribution >= 4 is 58.5 Å². The van der Waals surface area contributed by atoms with E-state index >= 15 is 0 Å². The van der Waals surface area contributed by atoms with Crippen molar-refractivity contribution in [3.63, 3.8) is 0 Å². The van der Waals surface area contributed by atoms with Crippen molar-refractivity contribution in [2.75, 3.05) is 55.6 Å². The van der Waals surface area contributed by atoms with Gasteiger partial charge in [-0.2, -0.15) is 4.98 Å². The maximum atomic E-state index is 13.3. The molecule has 308 valence electrons. The number of nitrogens with zero attached hydrogens (tertiary/aromatic N) is 7. The lowest BCUT2D eigenvalue weighted by atomic mass is 9.71. The van der Waals surface area contributed by atoms with Crippen molar-refractivity contribution < 1.29 is 33.2 Å². The number of carbonyl (C=O) groups excluding carboxylic acids is 5. The van der Waals surface area contributed by atoms with Gasteiger partial charge in [0, 0.05) is 56.3 Å². The smallest absolute Gasteiger partial charge is 0.324 e. The van der Waals surface area contributed by atoms with Gasteiger partial charge in [0.05, 0.1) is 28.8 Å². The van der Waals surface area contributed by atoms with Crippen LogP contribution in [0.1, 0.15) is 95.5 Å². The molecule has 3 aromatic rings. The standard InChI is InChI=1S/C42H46ClN9O7/c1-44-33-9-7-29(21-32(33)43)58-28-5-2-26(3-6-28)45-38(55)36-47-41(59-48-36)50-16-12-25(13-17-50)22-49-18-14-42(15-19-49)23-51(24-42)27-4-8-30-31(20-27)40(57)52(39(30)56)34-10-11-35(53)46-37(34)54/h4,7-9,20-21,25-26,28,34H,2-3,5-6,10-19,22-24H2,(H,45,55)(H,46,53,54). The molecule has 4 saturated heterocycles. The number of hydrogen-bond donors (Lipinski definition) is 2. The molecule has 6 heterocycles. The van der Waals surface area contributed by atoms with Crippen LogP contribution in [0, 0.1) is 17.9 Å². The van der Waals surface area contributed by atoms with Crippen molar-refractivity contribution in [2.45, 2.75) is 82.4 Å². The Labute approximate surface area is 346 Å². The molecule has 6 aliphatic rings. The first-order valence-corrected chi connectivity index (χ1v) is 21.0. The summed E-state index contributed by atoms with van der Waals surface area (Å²) in [5.41, 5.74) is 2.15. The van der Waals surface area contributed by atoms with Crippen LogP contribution >= 0.6 is 11.6 Å². The fourth-order valence-corrected chi connectivity index (χ4v) is 9.87. The van der Waals surface area contributed by atoms with E-state index in [2.05, 4.69) is 40.3 Å². The number of amides is 5. The minimum atomic E-state index is -0.970. The van der Waals surface area contributed by atoms with Gasteiger partial charge in [0.15, 0.2) is 0 Å². The van der Waals surface area contributed by atoms with Gasteiger partial charge in [0.1, 0.15) is 11.8 Å². The summed E-state index contributed by atoms with van der Waals surface area (Å²) < 4.78 is 11.6. The average molecular weight is 824 g/mol. The van der Waals surface area contributed by atoms with E-state index < -0.39 is 29.7 Å². The summed E-state index contributed by atoms with van der Waals surface area (Å²) in [5.74, 6) is -1.06. The average Bonchev–Trinajstić information content (AvgIpc) is 3.81. The zero-order chi connectivity index (χ0) is 40.8. The fraction of sp³-hybridized carbons (Fsp3) is 0.524. The fourth-order valence-electron chi connectivity index (χ4n) is 9.66. The van der Waals surface area contributed by atoms with E-state index in [1.807, 2.05) is 6.07 Å². The molecule has 5 amide bonds. The molecule has 1 unspecified atom stereocenters. The predicted molar refractivity (Wildman–Crippen MR) is 215 cm³/mol. The lowest BCUT2D eigenvalue weighted by Crippen LogP contribution is -2.60. The molecule has 1 spiro atoms. The number of ether oxygens (including phenoxy) is 1. The normalized spacial score (nSPS) is 24.7. The van der Waals surface area contributed by atoms with Crippen LogP contribution in [0.3, 0.4) is 0 Å². The van der Waals surface area contributed by atoms with E-state index in [4.69, 9.17) is 27.4 Å². The number of imide groups is 2. The number of nitrogens with one attached hydrogen (secondary N) is 2. The van der Waals surface area contributed by atoms with Gasteiger partial charge in [-0.3, -0.25) is 34.2 Å². The molecule has 9 rings (SSSR count). The maximum Gasteiger partial charge on any atom is 0.324 e. The van der Waals surface area contributed by atoms with E-state index in [-0.39, 0.29) is 42.1 Å². The molecule has 0 bridgehead atoms. The third-order valence-corrected chi connectivity index (χ3v) is 13.4. The van der Waals surface area contributed by atoms with Crippen LogP contribution < -0.4 is 25.2 Å². The highest BCUT2D eigenvalue weighted by molar-refractivity contribution is 6.33. The molecule has 5 aliphatic heterocycles. The molecule has 16 nitrogen and oxygen atoms in total. The second-order valence-electron chi connectivity index (χ2n) is 17.0.